The minimum Gasteiger partial charge on any atom is -0.507 e. The zero-order valence-corrected chi connectivity index (χ0v) is 21.8. The molecule has 0 spiro atoms. The maximum Gasteiger partial charge on any atom is 0.348 e. The van der Waals surface area contributed by atoms with Gasteiger partial charge in [-0.2, -0.15) is 0 Å². The summed E-state index contributed by atoms with van der Waals surface area (Å²) in [5.41, 5.74) is 0.715. The molecule has 10 nitrogen and oxygen atoms in total. The number of carbonyl (C=O) groups excluding carboxylic acids is 4. The third kappa shape index (κ3) is 6.89. The number of rotatable bonds is 5. The van der Waals surface area contributed by atoms with Gasteiger partial charge in [-0.05, 0) is 38.0 Å². The van der Waals surface area contributed by atoms with Crippen molar-refractivity contribution in [2.24, 2.45) is 11.8 Å². The van der Waals surface area contributed by atoms with Crippen LogP contribution in [0.1, 0.15) is 43.6 Å². The molecule has 6 unspecified atom stereocenters. The predicted molar refractivity (Wildman–Crippen MR) is 137 cm³/mol. The number of amides is 2. The average molecular weight is 527 g/mol. The number of aromatic hydroxyl groups is 1. The zero-order valence-electron chi connectivity index (χ0n) is 21.8. The Bertz CT molecular complexity index is 1150. The molecule has 0 bridgehead atoms. The van der Waals surface area contributed by atoms with Crippen molar-refractivity contribution in [1.29, 1.82) is 0 Å². The van der Waals surface area contributed by atoms with Crippen molar-refractivity contribution in [2.45, 2.75) is 64.5 Å². The number of aliphatic hydroxyl groups is 1. The molecule has 2 aromatic rings. The van der Waals surface area contributed by atoms with Gasteiger partial charge >= 0.3 is 11.9 Å². The Morgan fingerprint density at radius 1 is 0.974 bits per heavy atom. The van der Waals surface area contributed by atoms with Gasteiger partial charge in [0, 0.05) is 5.92 Å². The van der Waals surface area contributed by atoms with Crippen molar-refractivity contribution >= 4 is 23.8 Å². The van der Waals surface area contributed by atoms with E-state index in [0.29, 0.717) is 0 Å². The summed E-state index contributed by atoms with van der Waals surface area (Å²) in [6.45, 7) is 6.20. The van der Waals surface area contributed by atoms with Crippen molar-refractivity contribution in [3.05, 3.63) is 65.7 Å². The van der Waals surface area contributed by atoms with Gasteiger partial charge in [0.25, 0.3) is 5.91 Å². The van der Waals surface area contributed by atoms with Gasteiger partial charge in [0.1, 0.15) is 17.9 Å². The summed E-state index contributed by atoms with van der Waals surface area (Å²) in [7, 11) is 0. The van der Waals surface area contributed by atoms with Gasteiger partial charge in [-0.3, -0.25) is 14.4 Å². The predicted octanol–water partition coefficient (Wildman–Crippen LogP) is 1.73. The van der Waals surface area contributed by atoms with Crippen LogP contribution >= 0.6 is 0 Å². The Balaban J connectivity index is 1.99. The molecule has 6 atom stereocenters. The number of hydrogen-bond acceptors (Lipinski definition) is 8. The molecule has 0 radical (unpaired) electrons. The first-order valence-corrected chi connectivity index (χ1v) is 12.5. The highest BCUT2D eigenvalue weighted by Crippen LogP contribution is 2.21. The van der Waals surface area contributed by atoms with E-state index in [1.165, 1.54) is 26.0 Å². The first-order chi connectivity index (χ1) is 18.0. The quantitative estimate of drug-likeness (QED) is 0.430. The topological polar surface area (TPSA) is 151 Å². The smallest absolute Gasteiger partial charge is 0.348 e. The summed E-state index contributed by atoms with van der Waals surface area (Å²) in [5, 5.41) is 26.5. The number of cyclic esters (lactones) is 2. The van der Waals surface area contributed by atoms with Gasteiger partial charge in [-0.1, -0.05) is 56.3 Å². The van der Waals surface area contributed by atoms with Gasteiger partial charge < -0.3 is 30.3 Å². The molecule has 10 heteroatoms. The van der Waals surface area contributed by atoms with Crippen LogP contribution in [-0.4, -0.2) is 64.4 Å². The fraction of sp³-hybridized carbons (Fsp3) is 0.429. The number of aliphatic hydroxyl groups excluding tert-OH is 1. The van der Waals surface area contributed by atoms with Crippen LogP contribution in [0.4, 0.5) is 0 Å². The normalized spacial score (nSPS) is 26.8. The third-order valence-corrected chi connectivity index (χ3v) is 6.49. The van der Waals surface area contributed by atoms with Crippen LogP contribution in [0.3, 0.4) is 0 Å². The molecule has 1 fully saturated rings. The fourth-order valence-corrected chi connectivity index (χ4v) is 4.17. The minimum absolute atomic E-state index is 0.0755. The molecule has 38 heavy (non-hydrogen) atoms. The largest absolute Gasteiger partial charge is 0.507 e. The Morgan fingerprint density at radius 3 is 2.24 bits per heavy atom. The first kappa shape index (κ1) is 28.6. The van der Waals surface area contributed by atoms with Gasteiger partial charge in [0.2, 0.25) is 12.0 Å². The van der Waals surface area contributed by atoms with E-state index in [0.717, 1.165) is 5.56 Å². The second-order valence-corrected chi connectivity index (χ2v) is 9.80. The van der Waals surface area contributed by atoms with Gasteiger partial charge in [0.15, 0.2) is 0 Å². The minimum atomic E-state index is -1.39. The van der Waals surface area contributed by atoms with Crippen LogP contribution in [0.25, 0.3) is 0 Å². The Morgan fingerprint density at radius 2 is 1.61 bits per heavy atom. The van der Waals surface area contributed by atoms with E-state index in [1.807, 2.05) is 18.2 Å². The first-order valence-electron chi connectivity index (χ1n) is 12.5. The zero-order chi connectivity index (χ0) is 28.0. The maximum atomic E-state index is 13.5. The summed E-state index contributed by atoms with van der Waals surface area (Å²) in [6, 6.07) is 12.5. The lowest BCUT2D eigenvalue weighted by Crippen LogP contribution is -2.59. The lowest BCUT2D eigenvalue weighted by Gasteiger charge is -2.33. The highest BCUT2D eigenvalue weighted by molar-refractivity contribution is 5.99. The number of ether oxygens (including phenoxy) is 2. The molecule has 2 amide bonds. The van der Waals surface area contributed by atoms with Crippen molar-refractivity contribution in [1.82, 2.24) is 10.6 Å². The number of hydrogen-bond donors (Lipinski definition) is 4. The van der Waals surface area contributed by atoms with Crippen molar-refractivity contribution in [3.8, 4) is 5.75 Å². The van der Waals surface area contributed by atoms with Crippen LogP contribution in [0.5, 0.6) is 5.75 Å². The maximum absolute atomic E-state index is 13.5. The van der Waals surface area contributed by atoms with Gasteiger partial charge in [-0.15, -0.1) is 0 Å². The highest BCUT2D eigenvalue weighted by Gasteiger charge is 2.40. The molecule has 2 aromatic carbocycles. The molecular weight excluding hydrogens is 492 g/mol. The molecule has 0 saturated carbocycles. The molecule has 1 aliphatic rings. The molecule has 4 N–H and O–H groups in total. The van der Waals surface area contributed by atoms with Crippen LogP contribution in [0.15, 0.2) is 54.6 Å². The fourth-order valence-electron chi connectivity index (χ4n) is 4.17. The Hall–Kier alpha value is -3.92. The molecule has 204 valence electrons. The van der Waals surface area contributed by atoms with Gasteiger partial charge in [0.05, 0.1) is 23.6 Å². The van der Waals surface area contributed by atoms with Crippen molar-refractivity contribution in [2.75, 3.05) is 0 Å². The molecular formula is C28H34N2O8. The molecule has 1 saturated heterocycles. The lowest BCUT2D eigenvalue weighted by molar-refractivity contribution is -0.180. The molecule has 1 heterocycles. The number of phenolic OH excluding ortho intramolecular Hbond substituents is 1. The van der Waals surface area contributed by atoms with E-state index in [4.69, 9.17) is 9.47 Å². The van der Waals surface area contributed by atoms with E-state index >= 15 is 0 Å². The Kier molecular flexibility index (Phi) is 9.46. The molecule has 3 rings (SSSR count). The number of esters is 2. The lowest BCUT2D eigenvalue weighted by atomic mass is 9.92. The molecule has 0 aliphatic carbocycles. The van der Waals surface area contributed by atoms with Crippen molar-refractivity contribution < 1.29 is 38.9 Å². The van der Waals surface area contributed by atoms with E-state index in [1.54, 1.807) is 38.1 Å². The van der Waals surface area contributed by atoms with E-state index < -0.39 is 66.0 Å². The van der Waals surface area contributed by atoms with Crippen molar-refractivity contribution in [3.63, 3.8) is 0 Å². The number of phenols is 1. The average Bonchev–Trinajstić information content (AvgIpc) is 2.88. The molecule has 1 aliphatic heterocycles. The van der Waals surface area contributed by atoms with Crippen LogP contribution in [-0.2, 0) is 30.3 Å². The monoisotopic (exact) mass is 526 g/mol. The van der Waals surface area contributed by atoms with E-state index in [9.17, 15) is 29.4 Å². The summed E-state index contributed by atoms with van der Waals surface area (Å²) in [6.07, 6.45) is -3.68. The number of benzene rings is 2. The van der Waals surface area contributed by atoms with Crippen LogP contribution in [0.2, 0.25) is 0 Å². The highest BCUT2D eigenvalue weighted by atomic mass is 16.6. The van der Waals surface area contributed by atoms with Crippen LogP contribution in [0, 0.1) is 11.8 Å². The summed E-state index contributed by atoms with van der Waals surface area (Å²) >= 11 is 0. The standard InChI is InChI=1S/C28H34N2O8/c1-15(2)24-28(36)37-17(4)22(30-25(33)19-12-8-9-13-21(19)31)26(34)29-20(14-18-10-6-5-7-11-18)23(32)16(3)27(35)38-24/h5-13,15-17,20,22-24,31-32H,14H2,1-4H3,(H,29,34)(H,30,33). The number of para-hydroxylation sites is 1. The third-order valence-electron chi connectivity index (χ3n) is 6.49. The SMILES string of the molecule is CC(C)C1OC(=O)C(C)C(O)C(Cc2ccccc2)NC(=O)C(NC(=O)c2ccccc2O)C(C)OC1=O. The number of carbonyl (C=O) groups is 4. The number of nitrogens with one attached hydrogen (secondary N) is 2. The summed E-state index contributed by atoms with van der Waals surface area (Å²) in [5.74, 6) is -5.05. The summed E-state index contributed by atoms with van der Waals surface area (Å²) in [4.78, 5) is 52.3. The van der Waals surface area contributed by atoms with E-state index in [-0.39, 0.29) is 17.7 Å². The summed E-state index contributed by atoms with van der Waals surface area (Å²) < 4.78 is 10.9. The van der Waals surface area contributed by atoms with Gasteiger partial charge in [-0.25, -0.2) is 4.79 Å². The molecule has 0 aromatic heterocycles. The second kappa shape index (κ2) is 12.6. The van der Waals surface area contributed by atoms with Crippen LogP contribution < -0.4 is 10.6 Å². The Labute approximate surface area is 221 Å². The second-order valence-electron chi connectivity index (χ2n) is 9.80. The van der Waals surface area contributed by atoms with E-state index in [2.05, 4.69) is 10.6 Å².